The summed E-state index contributed by atoms with van der Waals surface area (Å²) >= 11 is 0. The van der Waals surface area contributed by atoms with Crippen LogP contribution < -0.4 is 5.32 Å². The molecule has 0 aliphatic carbocycles. The Kier molecular flexibility index (Phi) is 5.82. The summed E-state index contributed by atoms with van der Waals surface area (Å²) < 4.78 is 11.0. The zero-order valence-electron chi connectivity index (χ0n) is 10.3. The highest BCUT2D eigenvalue weighted by molar-refractivity contribution is 6.65. The molecule has 90 valence electrons. The quantitative estimate of drug-likeness (QED) is 0.710. The van der Waals surface area contributed by atoms with Gasteiger partial charge in [-0.05, 0) is 44.4 Å². The van der Waals surface area contributed by atoms with Gasteiger partial charge in [0.1, 0.15) is 0 Å². The van der Waals surface area contributed by atoms with Crippen LogP contribution in [0.5, 0.6) is 0 Å². The van der Waals surface area contributed by atoms with E-state index in [-0.39, 0.29) is 0 Å². The third kappa shape index (κ3) is 4.63. The Morgan fingerprint density at radius 1 is 1.20 bits per heavy atom. The highest BCUT2D eigenvalue weighted by atomic mass is 28.4. The van der Waals surface area contributed by atoms with E-state index < -0.39 is 8.56 Å². The lowest BCUT2D eigenvalue weighted by Gasteiger charge is -2.25. The maximum absolute atomic E-state index is 5.48. The minimum Gasteiger partial charge on any atom is -0.398 e. The largest absolute Gasteiger partial charge is 0.398 e. The molecule has 1 aliphatic heterocycles. The topological polar surface area (TPSA) is 30.5 Å². The lowest BCUT2D eigenvalue weighted by molar-refractivity contribution is 0.245. The first kappa shape index (κ1) is 13.2. The number of hydrogen-bond acceptors (Lipinski definition) is 3. The number of hydrogen-bond donors (Lipinski definition) is 1. The second-order valence-corrected chi connectivity index (χ2v) is 8.21. The monoisotopic (exact) mass is 231 g/mol. The van der Waals surface area contributed by atoms with Crippen molar-refractivity contribution in [3.05, 3.63) is 0 Å². The number of nitrogens with one attached hydrogen (secondary N) is 1. The van der Waals surface area contributed by atoms with Crippen LogP contribution in [0.3, 0.4) is 0 Å². The zero-order valence-corrected chi connectivity index (χ0v) is 11.3. The van der Waals surface area contributed by atoms with Gasteiger partial charge in [-0.25, -0.2) is 0 Å². The molecule has 0 bridgehead atoms. The van der Waals surface area contributed by atoms with E-state index in [1.54, 1.807) is 14.2 Å². The zero-order chi connectivity index (χ0) is 11.1. The molecule has 1 rings (SSSR count). The van der Waals surface area contributed by atoms with Crippen LogP contribution in [-0.2, 0) is 8.85 Å². The summed E-state index contributed by atoms with van der Waals surface area (Å²) in [5.41, 5.74) is 0. The Labute approximate surface area is 94.8 Å². The summed E-state index contributed by atoms with van der Waals surface area (Å²) in [5, 5.41) is 3.40. The van der Waals surface area contributed by atoms with Gasteiger partial charge in [-0.1, -0.05) is 12.8 Å². The molecule has 1 fully saturated rings. The minimum atomic E-state index is -1.80. The van der Waals surface area contributed by atoms with Gasteiger partial charge in [0.15, 0.2) is 0 Å². The van der Waals surface area contributed by atoms with E-state index in [0.29, 0.717) is 0 Å². The van der Waals surface area contributed by atoms with E-state index >= 15 is 0 Å². The Balaban J connectivity index is 2.14. The molecule has 0 aromatic rings. The van der Waals surface area contributed by atoms with Crippen molar-refractivity contribution >= 4 is 8.56 Å². The molecular weight excluding hydrogens is 206 g/mol. The van der Waals surface area contributed by atoms with Crippen LogP contribution in [-0.4, -0.2) is 35.9 Å². The normalized spacial score (nSPS) is 19.4. The number of piperidine rings is 1. The molecule has 1 heterocycles. The van der Waals surface area contributed by atoms with Crippen LogP contribution in [0.1, 0.15) is 25.7 Å². The predicted octanol–water partition coefficient (Wildman–Crippen LogP) is 2.13. The Morgan fingerprint density at radius 2 is 1.80 bits per heavy atom. The first-order valence-corrected chi connectivity index (χ1v) is 8.53. The molecule has 4 heteroatoms. The lowest BCUT2D eigenvalue weighted by Crippen LogP contribution is -2.36. The predicted molar refractivity (Wildman–Crippen MR) is 65.3 cm³/mol. The van der Waals surface area contributed by atoms with Crippen molar-refractivity contribution in [1.82, 2.24) is 5.32 Å². The minimum absolute atomic E-state index is 0.929. The summed E-state index contributed by atoms with van der Waals surface area (Å²) in [5.74, 6) is 0.929. The summed E-state index contributed by atoms with van der Waals surface area (Å²) in [7, 11) is 1.76. The molecular formula is C11H25NO2Si. The fraction of sp³-hybridized carbons (Fsp3) is 1.00. The van der Waals surface area contributed by atoms with E-state index in [0.717, 1.165) is 12.0 Å². The molecule has 3 nitrogen and oxygen atoms in total. The third-order valence-electron chi connectivity index (χ3n) is 3.57. The van der Waals surface area contributed by atoms with Gasteiger partial charge in [0.2, 0.25) is 0 Å². The molecule has 0 aromatic carbocycles. The Morgan fingerprint density at radius 3 is 2.33 bits per heavy atom. The maximum atomic E-state index is 5.48. The molecule has 1 aliphatic rings. The molecule has 0 saturated carbocycles. The molecule has 1 saturated heterocycles. The van der Waals surface area contributed by atoms with E-state index in [4.69, 9.17) is 8.85 Å². The maximum Gasteiger partial charge on any atom is 0.334 e. The van der Waals surface area contributed by atoms with Crippen LogP contribution in [0.2, 0.25) is 12.6 Å². The summed E-state index contributed by atoms with van der Waals surface area (Å²) in [4.78, 5) is 0. The van der Waals surface area contributed by atoms with Crippen LogP contribution >= 0.6 is 0 Å². The van der Waals surface area contributed by atoms with Crippen LogP contribution in [0.4, 0.5) is 0 Å². The van der Waals surface area contributed by atoms with E-state index in [1.165, 1.54) is 38.8 Å². The Hall–Kier alpha value is 0.0969. The molecule has 1 N–H and O–H groups in total. The fourth-order valence-electron chi connectivity index (χ4n) is 2.17. The highest BCUT2D eigenvalue weighted by Gasteiger charge is 2.28. The molecule has 15 heavy (non-hydrogen) atoms. The van der Waals surface area contributed by atoms with Crippen LogP contribution in [0.25, 0.3) is 0 Å². The summed E-state index contributed by atoms with van der Waals surface area (Å²) in [6, 6.07) is 1.13. The molecule has 0 atom stereocenters. The third-order valence-corrected chi connectivity index (χ3v) is 6.55. The molecule has 0 aromatic heterocycles. The van der Waals surface area contributed by atoms with E-state index in [1.807, 2.05) is 0 Å². The van der Waals surface area contributed by atoms with Gasteiger partial charge >= 0.3 is 8.56 Å². The van der Waals surface area contributed by atoms with Gasteiger partial charge in [-0.3, -0.25) is 0 Å². The van der Waals surface area contributed by atoms with Crippen molar-refractivity contribution in [1.29, 1.82) is 0 Å². The lowest BCUT2D eigenvalue weighted by atomic mass is 9.94. The Bertz CT molecular complexity index is 168. The van der Waals surface area contributed by atoms with Gasteiger partial charge in [-0.2, -0.15) is 0 Å². The van der Waals surface area contributed by atoms with Gasteiger partial charge in [0.25, 0.3) is 0 Å². The van der Waals surface area contributed by atoms with Gasteiger partial charge in [-0.15, -0.1) is 0 Å². The molecule has 0 unspecified atom stereocenters. The van der Waals surface area contributed by atoms with Crippen LogP contribution in [0.15, 0.2) is 0 Å². The number of rotatable bonds is 6. The van der Waals surface area contributed by atoms with Crippen molar-refractivity contribution in [3.8, 4) is 0 Å². The van der Waals surface area contributed by atoms with Gasteiger partial charge < -0.3 is 14.2 Å². The van der Waals surface area contributed by atoms with Gasteiger partial charge in [0.05, 0.1) is 0 Å². The molecule has 0 amide bonds. The van der Waals surface area contributed by atoms with Crippen molar-refractivity contribution in [3.63, 3.8) is 0 Å². The highest BCUT2D eigenvalue weighted by Crippen LogP contribution is 2.22. The summed E-state index contributed by atoms with van der Waals surface area (Å²) in [6.07, 6.45) is 5.29. The molecule has 0 radical (unpaired) electrons. The van der Waals surface area contributed by atoms with E-state index in [9.17, 15) is 0 Å². The van der Waals surface area contributed by atoms with Gasteiger partial charge in [0, 0.05) is 14.2 Å². The van der Waals surface area contributed by atoms with Crippen molar-refractivity contribution < 1.29 is 8.85 Å². The second-order valence-electron chi connectivity index (χ2n) is 4.63. The average Bonchev–Trinajstić information content (AvgIpc) is 2.30. The van der Waals surface area contributed by atoms with Crippen molar-refractivity contribution in [2.24, 2.45) is 5.92 Å². The standard InChI is InChI=1S/C11H25NO2Si/c1-13-15(3,14-2)10-4-5-11-6-8-12-9-7-11/h11-12H,4-10H2,1-3H3. The molecule has 0 spiro atoms. The second kappa shape index (κ2) is 6.63. The first-order chi connectivity index (χ1) is 7.20. The average molecular weight is 231 g/mol. The fourth-order valence-corrected chi connectivity index (χ4v) is 3.59. The SMILES string of the molecule is CO[Si](C)(CCCC1CCNCC1)OC. The van der Waals surface area contributed by atoms with Crippen molar-refractivity contribution in [2.75, 3.05) is 27.3 Å². The first-order valence-electron chi connectivity index (χ1n) is 6.01. The van der Waals surface area contributed by atoms with Crippen molar-refractivity contribution in [2.45, 2.75) is 38.3 Å². The summed E-state index contributed by atoms with van der Waals surface area (Å²) in [6.45, 7) is 4.55. The van der Waals surface area contributed by atoms with E-state index in [2.05, 4.69) is 11.9 Å². The van der Waals surface area contributed by atoms with Crippen LogP contribution in [0, 0.1) is 5.92 Å². The smallest absolute Gasteiger partial charge is 0.334 e.